The molecule has 0 atom stereocenters. The molecule has 1 saturated heterocycles. The van der Waals surface area contributed by atoms with Crippen LogP contribution in [0.3, 0.4) is 0 Å². The zero-order chi connectivity index (χ0) is 20.6. The summed E-state index contributed by atoms with van der Waals surface area (Å²) < 4.78 is 27.2. The van der Waals surface area contributed by atoms with Crippen LogP contribution in [0.1, 0.15) is 0 Å². The molecule has 0 bridgehead atoms. The number of benzene rings is 2. The lowest BCUT2D eigenvalue weighted by molar-refractivity contribution is 0.385. The third-order valence-electron chi connectivity index (χ3n) is 4.61. The van der Waals surface area contributed by atoms with E-state index in [1.807, 2.05) is 17.5 Å². The van der Waals surface area contributed by atoms with Gasteiger partial charge in [-0.3, -0.25) is 0 Å². The highest BCUT2D eigenvalue weighted by atomic mass is 35.5. The first-order valence-electron chi connectivity index (χ1n) is 8.76. The molecule has 2 aromatic carbocycles. The lowest BCUT2D eigenvalue weighted by Crippen LogP contribution is -2.48. The summed E-state index contributed by atoms with van der Waals surface area (Å²) in [5.41, 5.74) is 1.64. The number of sulfonamides is 1. The van der Waals surface area contributed by atoms with Gasteiger partial charge in [0.2, 0.25) is 10.0 Å². The van der Waals surface area contributed by atoms with Crippen LogP contribution < -0.4 is 4.90 Å². The average molecular weight is 489 g/mol. The summed E-state index contributed by atoms with van der Waals surface area (Å²) in [5, 5.41) is 4.14. The van der Waals surface area contributed by atoms with Crippen molar-refractivity contribution in [3.63, 3.8) is 0 Å². The second kappa shape index (κ2) is 8.41. The predicted octanol–water partition coefficient (Wildman–Crippen LogP) is 5.28. The Morgan fingerprint density at radius 1 is 0.931 bits per heavy atom. The normalized spacial score (nSPS) is 15.6. The first-order valence-corrected chi connectivity index (χ1v) is 12.2. The first kappa shape index (κ1) is 20.9. The molecule has 0 radical (unpaired) electrons. The summed E-state index contributed by atoms with van der Waals surface area (Å²) in [6.45, 7) is 1.83. The molecule has 0 amide bonds. The second-order valence-corrected chi connectivity index (χ2v) is 10.5. The molecule has 1 aromatic heterocycles. The lowest BCUT2D eigenvalue weighted by atomic mass is 10.2. The van der Waals surface area contributed by atoms with Gasteiger partial charge in [0.05, 0.1) is 10.7 Å². The van der Waals surface area contributed by atoms with Crippen LogP contribution in [0.4, 0.5) is 5.13 Å². The molecule has 4 rings (SSSR count). The van der Waals surface area contributed by atoms with E-state index in [2.05, 4.69) is 9.88 Å². The highest BCUT2D eigenvalue weighted by molar-refractivity contribution is 7.89. The molecule has 1 fully saturated rings. The number of nitrogens with zero attached hydrogens (tertiary/aromatic N) is 3. The lowest BCUT2D eigenvalue weighted by Gasteiger charge is -2.33. The van der Waals surface area contributed by atoms with Crippen LogP contribution in [0.2, 0.25) is 15.1 Å². The third-order valence-corrected chi connectivity index (χ3v) is 8.35. The van der Waals surface area contributed by atoms with Gasteiger partial charge in [-0.05, 0) is 30.3 Å². The molecule has 29 heavy (non-hydrogen) atoms. The number of anilines is 1. The molecular weight excluding hydrogens is 473 g/mol. The van der Waals surface area contributed by atoms with Gasteiger partial charge in [0, 0.05) is 47.2 Å². The van der Waals surface area contributed by atoms with Gasteiger partial charge < -0.3 is 4.90 Å². The zero-order valence-electron chi connectivity index (χ0n) is 15.1. The van der Waals surface area contributed by atoms with Crippen molar-refractivity contribution in [3.05, 3.63) is 62.9 Å². The van der Waals surface area contributed by atoms with E-state index in [4.69, 9.17) is 34.8 Å². The van der Waals surface area contributed by atoms with E-state index >= 15 is 0 Å². The van der Waals surface area contributed by atoms with Gasteiger partial charge in [0.25, 0.3) is 0 Å². The maximum Gasteiger partial charge on any atom is 0.244 e. The summed E-state index contributed by atoms with van der Waals surface area (Å²) in [4.78, 5) is 6.91. The minimum Gasteiger partial charge on any atom is -0.345 e. The van der Waals surface area contributed by atoms with Crippen molar-refractivity contribution in [1.29, 1.82) is 0 Å². The van der Waals surface area contributed by atoms with E-state index in [1.54, 1.807) is 24.3 Å². The molecule has 0 spiro atoms. The number of aromatic nitrogens is 1. The molecular formula is C19H16Cl3N3O2S2. The molecule has 0 aliphatic carbocycles. The number of rotatable bonds is 4. The van der Waals surface area contributed by atoms with Gasteiger partial charge in [-0.1, -0.05) is 46.9 Å². The largest absolute Gasteiger partial charge is 0.345 e. The van der Waals surface area contributed by atoms with Gasteiger partial charge in [-0.2, -0.15) is 4.31 Å². The topological polar surface area (TPSA) is 53.5 Å². The summed E-state index contributed by atoms with van der Waals surface area (Å²) in [5.74, 6) is 0. The Bertz CT molecular complexity index is 1120. The molecule has 0 unspecified atom stereocenters. The maximum atomic E-state index is 12.9. The van der Waals surface area contributed by atoms with Crippen molar-refractivity contribution in [2.45, 2.75) is 4.90 Å². The fourth-order valence-corrected chi connectivity index (χ4v) is 6.49. The van der Waals surface area contributed by atoms with Crippen LogP contribution in [0.15, 0.2) is 52.7 Å². The standard InChI is InChI=1S/C19H16Cl3N3O2S2/c20-14-9-13(10-15(21)11-14)17-12-28-19(23-17)24-5-7-25(8-6-24)29(26,27)18-4-2-1-3-16(18)22/h1-4,9-12H,5-8H2. The van der Waals surface area contributed by atoms with Crippen LogP contribution in [-0.2, 0) is 10.0 Å². The van der Waals surface area contributed by atoms with Gasteiger partial charge >= 0.3 is 0 Å². The minimum atomic E-state index is -3.62. The van der Waals surface area contributed by atoms with Gasteiger partial charge in [-0.25, -0.2) is 13.4 Å². The quantitative estimate of drug-likeness (QED) is 0.501. The molecule has 0 N–H and O–H groups in total. The Balaban J connectivity index is 1.48. The molecule has 1 aliphatic rings. The molecule has 10 heteroatoms. The van der Waals surface area contributed by atoms with Crippen molar-refractivity contribution < 1.29 is 8.42 Å². The molecule has 3 aromatic rings. The van der Waals surface area contributed by atoms with E-state index in [0.717, 1.165) is 16.4 Å². The van der Waals surface area contributed by atoms with Gasteiger partial charge in [-0.15, -0.1) is 11.3 Å². The van der Waals surface area contributed by atoms with Gasteiger partial charge in [0.1, 0.15) is 4.90 Å². The van der Waals surface area contributed by atoms with Crippen LogP contribution in [-0.4, -0.2) is 43.9 Å². The molecule has 2 heterocycles. The number of piperazine rings is 1. The van der Waals surface area contributed by atoms with Crippen molar-refractivity contribution in [2.75, 3.05) is 31.1 Å². The smallest absolute Gasteiger partial charge is 0.244 e. The molecule has 5 nitrogen and oxygen atoms in total. The van der Waals surface area contributed by atoms with Gasteiger partial charge in [0.15, 0.2) is 5.13 Å². The number of hydrogen-bond acceptors (Lipinski definition) is 5. The second-order valence-electron chi connectivity index (χ2n) is 6.49. The number of hydrogen-bond donors (Lipinski definition) is 0. The average Bonchev–Trinajstić information content (AvgIpc) is 3.18. The minimum absolute atomic E-state index is 0.143. The van der Waals surface area contributed by atoms with Crippen LogP contribution in [0.25, 0.3) is 11.3 Å². The Morgan fingerprint density at radius 2 is 1.59 bits per heavy atom. The van der Waals surface area contributed by atoms with Crippen molar-refractivity contribution in [1.82, 2.24) is 9.29 Å². The highest BCUT2D eigenvalue weighted by Gasteiger charge is 2.30. The van der Waals surface area contributed by atoms with Crippen LogP contribution in [0, 0.1) is 0 Å². The number of halogens is 3. The zero-order valence-corrected chi connectivity index (χ0v) is 19.0. The fraction of sp³-hybridized carbons (Fsp3) is 0.211. The number of thiazole rings is 1. The van der Waals surface area contributed by atoms with E-state index in [0.29, 0.717) is 36.2 Å². The summed E-state index contributed by atoms with van der Waals surface area (Å²) in [6.07, 6.45) is 0. The third kappa shape index (κ3) is 4.40. The Labute approximate surface area is 188 Å². The maximum absolute atomic E-state index is 12.9. The van der Waals surface area contributed by atoms with E-state index in [-0.39, 0.29) is 9.92 Å². The SMILES string of the molecule is O=S(=O)(c1ccccc1Cl)N1CCN(c2nc(-c3cc(Cl)cc(Cl)c3)cs2)CC1. The molecule has 1 aliphatic heterocycles. The van der Waals surface area contributed by atoms with E-state index in [1.165, 1.54) is 21.7 Å². The van der Waals surface area contributed by atoms with Crippen molar-refractivity contribution in [2.24, 2.45) is 0 Å². The van der Waals surface area contributed by atoms with E-state index in [9.17, 15) is 8.42 Å². The Hall–Kier alpha value is -1.35. The predicted molar refractivity (Wildman–Crippen MR) is 120 cm³/mol. The van der Waals surface area contributed by atoms with Crippen LogP contribution in [0.5, 0.6) is 0 Å². The van der Waals surface area contributed by atoms with Crippen molar-refractivity contribution in [3.8, 4) is 11.3 Å². The summed E-state index contributed by atoms with van der Waals surface area (Å²) >= 11 is 19.8. The Morgan fingerprint density at radius 3 is 2.24 bits per heavy atom. The fourth-order valence-electron chi connectivity index (χ4n) is 3.16. The van der Waals surface area contributed by atoms with Crippen LogP contribution >= 0.6 is 46.1 Å². The summed E-state index contributed by atoms with van der Waals surface area (Å²) in [7, 11) is -3.62. The first-order chi connectivity index (χ1) is 13.8. The van der Waals surface area contributed by atoms with E-state index < -0.39 is 10.0 Å². The van der Waals surface area contributed by atoms with Crippen molar-refractivity contribution >= 4 is 61.3 Å². The molecule has 152 valence electrons. The summed E-state index contributed by atoms with van der Waals surface area (Å²) in [6, 6.07) is 11.8. The molecule has 0 saturated carbocycles. The Kier molecular flexibility index (Phi) is 6.06. The highest BCUT2D eigenvalue weighted by Crippen LogP contribution is 2.32. The monoisotopic (exact) mass is 487 g/mol.